The molecule has 0 aromatic heterocycles. The van der Waals surface area contributed by atoms with Gasteiger partial charge in [0, 0.05) is 6.42 Å². The number of ether oxygens (including phenoxy) is 1. The SMILES string of the molecule is CCCCCCCC/C=C/CCCCCCCCCC(=O)OC(CCC/C=C/C=C/CCCCCCCCC)CC(=O)NC(CO)C(O)CCCCCCCCCCCCC. The van der Waals surface area contributed by atoms with Crippen LogP contribution in [-0.4, -0.2) is 46.9 Å². The first-order chi connectivity index (χ1) is 30.0. The van der Waals surface area contributed by atoms with Crippen molar-refractivity contribution in [1.82, 2.24) is 5.32 Å². The number of allylic oxidation sites excluding steroid dienone is 6. The molecule has 0 saturated carbocycles. The van der Waals surface area contributed by atoms with Crippen molar-refractivity contribution in [2.24, 2.45) is 0 Å². The largest absolute Gasteiger partial charge is 0.462 e. The normalized spacial score (nSPS) is 13.5. The highest BCUT2D eigenvalue weighted by molar-refractivity contribution is 5.77. The Morgan fingerprint density at radius 2 is 0.852 bits per heavy atom. The number of aliphatic hydroxyl groups is 2. The molecule has 3 atom stereocenters. The van der Waals surface area contributed by atoms with Crippen LogP contribution in [0.25, 0.3) is 0 Å². The van der Waals surface area contributed by atoms with Crippen molar-refractivity contribution < 1.29 is 24.5 Å². The molecule has 6 heteroatoms. The Balaban J connectivity index is 4.61. The van der Waals surface area contributed by atoms with E-state index >= 15 is 0 Å². The smallest absolute Gasteiger partial charge is 0.306 e. The molecule has 0 radical (unpaired) electrons. The van der Waals surface area contributed by atoms with Crippen LogP contribution in [0, 0.1) is 0 Å². The van der Waals surface area contributed by atoms with Crippen molar-refractivity contribution in [3.8, 4) is 0 Å². The first-order valence-electron chi connectivity index (χ1n) is 26.7. The number of rotatable bonds is 48. The summed E-state index contributed by atoms with van der Waals surface area (Å²) in [7, 11) is 0. The summed E-state index contributed by atoms with van der Waals surface area (Å²) in [6.45, 7) is 6.47. The number of unbranched alkanes of at least 4 members (excludes halogenated alkanes) is 31. The lowest BCUT2D eigenvalue weighted by Crippen LogP contribution is -2.46. The first kappa shape index (κ1) is 59.1. The molecule has 1 amide bonds. The van der Waals surface area contributed by atoms with E-state index in [1.807, 2.05) is 0 Å². The summed E-state index contributed by atoms with van der Waals surface area (Å²) >= 11 is 0. The number of hydrogen-bond donors (Lipinski definition) is 3. The molecule has 0 heterocycles. The molecular formula is C55H103NO5. The Hall–Kier alpha value is -1.92. The van der Waals surface area contributed by atoms with E-state index in [1.165, 1.54) is 173 Å². The van der Waals surface area contributed by atoms with Gasteiger partial charge in [-0.15, -0.1) is 0 Å². The zero-order chi connectivity index (χ0) is 44.5. The molecule has 3 unspecified atom stereocenters. The van der Waals surface area contributed by atoms with Crippen LogP contribution in [-0.2, 0) is 14.3 Å². The first-order valence-corrected chi connectivity index (χ1v) is 26.7. The monoisotopic (exact) mass is 858 g/mol. The van der Waals surface area contributed by atoms with E-state index in [-0.39, 0.29) is 24.9 Å². The van der Waals surface area contributed by atoms with E-state index in [1.54, 1.807) is 0 Å². The van der Waals surface area contributed by atoms with Gasteiger partial charge in [-0.05, 0) is 70.6 Å². The van der Waals surface area contributed by atoms with Crippen molar-refractivity contribution in [2.75, 3.05) is 6.61 Å². The fourth-order valence-electron chi connectivity index (χ4n) is 8.13. The van der Waals surface area contributed by atoms with Gasteiger partial charge in [0.1, 0.15) is 6.10 Å². The van der Waals surface area contributed by atoms with E-state index < -0.39 is 18.2 Å². The van der Waals surface area contributed by atoms with Crippen LogP contribution in [0.4, 0.5) is 0 Å². The maximum Gasteiger partial charge on any atom is 0.306 e. The zero-order valence-corrected chi connectivity index (χ0v) is 40.8. The average molecular weight is 858 g/mol. The Morgan fingerprint density at radius 3 is 1.30 bits per heavy atom. The van der Waals surface area contributed by atoms with Crippen LogP contribution >= 0.6 is 0 Å². The number of nitrogens with one attached hydrogen (secondary N) is 1. The lowest BCUT2D eigenvalue weighted by atomic mass is 10.0. The van der Waals surface area contributed by atoms with Crippen LogP contribution in [0.15, 0.2) is 36.5 Å². The van der Waals surface area contributed by atoms with Crippen LogP contribution in [0.2, 0.25) is 0 Å². The maximum absolute atomic E-state index is 13.2. The van der Waals surface area contributed by atoms with Gasteiger partial charge in [0.15, 0.2) is 0 Å². The Bertz CT molecular complexity index is 1010. The lowest BCUT2D eigenvalue weighted by molar-refractivity contribution is -0.151. The Morgan fingerprint density at radius 1 is 0.475 bits per heavy atom. The summed E-state index contributed by atoms with van der Waals surface area (Å²) in [4.78, 5) is 26.1. The summed E-state index contributed by atoms with van der Waals surface area (Å²) in [6.07, 6.45) is 57.8. The fourth-order valence-corrected chi connectivity index (χ4v) is 8.13. The molecular weight excluding hydrogens is 755 g/mol. The van der Waals surface area contributed by atoms with Crippen LogP contribution < -0.4 is 5.32 Å². The summed E-state index contributed by atoms with van der Waals surface area (Å²) < 4.78 is 5.91. The second kappa shape index (κ2) is 49.1. The van der Waals surface area contributed by atoms with E-state index in [2.05, 4.69) is 62.5 Å². The second-order valence-corrected chi connectivity index (χ2v) is 18.3. The molecule has 0 aromatic carbocycles. The van der Waals surface area contributed by atoms with Crippen molar-refractivity contribution in [1.29, 1.82) is 0 Å². The topological polar surface area (TPSA) is 95.9 Å². The summed E-state index contributed by atoms with van der Waals surface area (Å²) in [5.41, 5.74) is 0. The Labute approximate surface area is 379 Å². The molecule has 0 bridgehead atoms. The number of carbonyl (C=O) groups is 2. The third-order valence-corrected chi connectivity index (χ3v) is 12.2. The minimum atomic E-state index is -0.797. The molecule has 0 fully saturated rings. The van der Waals surface area contributed by atoms with Crippen LogP contribution in [0.1, 0.15) is 278 Å². The predicted molar refractivity (Wildman–Crippen MR) is 264 cm³/mol. The second-order valence-electron chi connectivity index (χ2n) is 18.3. The number of hydrogen-bond acceptors (Lipinski definition) is 5. The van der Waals surface area contributed by atoms with Crippen molar-refractivity contribution in [3.63, 3.8) is 0 Å². The predicted octanol–water partition coefficient (Wildman–Crippen LogP) is 16.1. The molecule has 0 aromatic rings. The molecule has 0 rings (SSSR count). The number of aliphatic hydroxyl groups excluding tert-OH is 2. The molecule has 0 aliphatic heterocycles. The van der Waals surface area contributed by atoms with Gasteiger partial charge in [0.2, 0.25) is 5.91 Å². The van der Waals surface area contributed by atoms with Gasteiger partial charge in [0.05, 0.1) is 25.2 Å². The van der Waals surface area contributed by atoms with Gasteiger partial charge in [-0.2, -0.15) is 0 Å². The van der Waals surface area contributed by atoms with E-state index in [0.29, 0.717) is 19.3 Å². The molecule has 61 heavy (non-hydrogen) atoms. The third kappa shape index (κ3) is 44.5. The number of amides is 1. The standard InChI is InChI=1S/C55H103NO5/c1-4-7-10-13-16-19-22-24-26-27-28-30-33-36-39-42-45-48-55(60)61-51(46-43-40-37-34-32-29-25-23-20-17-14-11-8-5-2)49-54(59)56-52(50-57)53(58)47-44-41-38-35-31-21-18-15-12-9-6-3/h24,26,29,32,34,37,51-53,57-58H,4-23,25,27-28,30-31,33,35-36,38-50H2,1-3H3,(H,56,59)/b26-24+,32-29+,37-34+. The fraction of sp³-hybridized carbons (Fsp3) is 0.855. The maximum atomic E-state index is 13.2. The van der Waals surface area contributed by atoms with Gasteiger partial charge in [0.25, 0.3) is 0 Å². The van der Waals surface area contributed by atoms with Gasteiger partial charge in [-0.1, -0.05) is 231 Å². The van der Waals surface area contributed by atoms with E-state index in [0.717, 1.165) is 57.8 Å². The quantitative estimate of drug-likeness (QED) is 0.0245. The molecule has 0 aliphatic carbocycles. The highest BCUT2D eigenvalue weighted by Gasteiger charge is 2.24. The summed E-state index contributed by atoms with van der Waals surface area (Å²) in [6, 6.07) is -0.714. The molecule has 0 aliphatic rings. The summed E-state index contributed by atoms with van der Waals surface area (Å²) in [5, 5.41) is 23.7. The average Bonchev–Trinajstić information content (AvgIpc) is 3.25. The van der Waals surface area contributed by atoms with Crippen molar-refractivity contribution in [2.45, 2.75) is 296 Å². The molecule has 6 nitrogen and oxygen atoms in total. The van der Waals surface area contributed by atoms with Crippen LogP contribution in [0.5, 0.6) is 0 Å². The number of esters is 1. The minimum absolute atomic E-state index is 0.0453. The molecule has 0 spiro atoms. The highest BCUT2D eigenvalue weighted by Crippen LogP contribution is 2.17. The number of carbonyl (C=O) groups excluding carboxylic acids is 2. The molecule has 3 N–H and O–H groups in total. The zero-order valence-electron chi connectivity index (χ0n) is 40.8. The molecule has 0 saturated heterocycles. The third-order valence-electron chi connectivity index (χ3n) is 12.2. The van der Waals surface area contributed by atoms with Gasteiger partial charge < -0.3 is 20.3 Å². The van der Waals surface area contributed by atoms with Gasteiger partial charge in [-0.3, -0.25) is 9.59 Å². The van der Waals surface area contributed by atoms with Gasteiger partial charge >= 0.3 is 5.97 Å². The van der Waals surface area contributed by atoms with Crippen molar-refractivity contribution >= 4 is 11.9 Å². The lowest BCUT2D eigenvalue weighted by Gasteiger charge is -2.24. The van der Waals surface area contributed by atoms with E-state index in [9.17, 15) is 19.8 Å². The van der Waals surface area contributed by atoms with Crippen LogP contribution in [0.3, 0.4) is 0 Å². The Kier molecular flexibility index (Phi) is 47.6. The highest BCUT2D eigenvalue weighted by atomic mass is 16.5. The minimum Gasteiger partial charge on any atom is -0.462 e. The van der Waals surface area contributed by atoms with E-state index in [4.69, 9.17) is 4.74 Å². The van der Waals surface area contributed by atoms with Gasteiger partial charge in [-0.25, -0.2) is 0 Å². The summed E-state index contributed by atoms with van der Waals surface area (Å²) in [5.74, 6) is -0.517. The molecule has 358 valence electrons. The van der Waals surface area contributed by atoms with Crippen molar-refractivity contribution in [3.05, 3.63) is 36.5 Å².